The summed E-state index contributed by atoms with van der Waals surface area (Å²) in [7, 11) is 0. The summed E-state index contributed by atoms with van der Waals surface area (Å²) in [6.45, 7) is -1.69. The van der Waals surface area contributed by atoms with Crippen molar-refractivity contribution < 1.29 is 23.1 Å². The molecule has 2 amide bonds. The number of halogens is 4. The van der Waals surface area contributed by atoms with Crippen molar-refractivity contribution in [3.63, 3.8) is 0 Å². The molecule has 0 spiro atoms. The van der Waals surface area contributed by atoms with E-state index in [1.54, 1.807) is 6.20 Å². The molecule has 1 aromatic carbocycles. The molecule has 3 rings (SSSR count). The van der Waals surface area contributed by atoms with Gasteiger partial charge in [-0.2, -0.15) is 0 Å². The van der Waals surface area contributed by atoms with Crippen molar-refractivity contribution in [2.24, 2.45) is 0 Å². The van der Waals surface area contributed by atoms with Gasteiger partial charge in [0.25, 0.3) is 0 Å². The van der Waals surface area contributed by atoms with E-state index in [2.05, 4.69) is 20.6 Å². The third-order valence-corrected chi connectivity index (χ3v) is 5.07. The molecular weight excluding hydrogens is 423 g/mol. The van der Waals surface area contributed by atoms with Crippen LogP contribution in [0.3, 0.4) is 0 Å². The lowest BCUT2D eigenvalue weighted by molar-refractivity contribution is 0.176. The molecule has 0 saturated carbocycles. The van der Waals surface area contributed by atoms with Crippen LogP contribution in [0.2, 0.25) is 5.02 Å². The summed E-state index contributed by atoms with van der Waals surface area (Å²) in [6, 6.07) is 1.72. The van der Waals surface area contributed by atoms with Crippen LogP contribution in [0.4, 0.5) is 23.9 Å². The van der Waals surface area contributed by atoms with Crippen LogP contribution < -0.4 is 10.6 Å². The largest absolute Gasteiger partial charge is 0.394 e. The summed E-state index contributed by atoms with van der Waals surface area (Å²) in [4.78, 5) is 22.5. The molecule has 0 saturated heterocycles. The van der Waals surface area contributed by atoms with Gasteiger partial charge >= 0.3 is 6.03 Å². The zero-order valence-electron chi connectivity index (χ0n) is 15.9. The average Bonchev–Trinajstić information content (AvgIpc) is 2.77. The average molecular weight is 444 g/mol. The van der Waals surface area contributed by atoms with Crippen molar-refractivity contribution in [2.45, 2.75) is 25.0 Å². The summed E-state index contributed by atoms with van der Waals surface area (Å²) < 4.78 is 39.2. The quantitative estimate of drug-likeness (QED) is 0.612. The summed E-state index contributed by atoms with van der Waals surface area (Å²) >= 11 is 5.67. The van der Waals surface area contributed by atoms with E-state index in [1.807, 2.05) is 0 Å². The number of carbonyl (C=O) groups excluding carboxylic acids is 1. The number of aromatic nitrogens is 2. The van der Waals surface area contributed by atoms with Crippen LogP contribution in [-0.4, -0.2) is 58.5 Å². The fourth-order valence-corrected chi connectivity index (χ4v) is 3.17. The van der Waals surface area contributed by atoms with Gasteiger partial charge in [0.1, 0.15) is 19.2 Å². The molecule has 0 unspecified atom stereocenters. The van der Waals surface area contributed by atoms with Gasteiger partial charge in [0.15, 0.2) is 0 Å². The molecule has 0 bridgehead atoms. The number of nitrogens with zero attached hydrogens (tertiary/aromatic N) is 3. The molecule has 1 aliphatic heterocycles. The van der Waals surface area contributed by atoms with Gasteiger partial charge in [-0.05, 0) is 29.7 Å². The maximum atomic E-state index is 13.7. The van der Waals surface area contributed by atoms with E-state index in [9.17, 15) is 23.1 Å². The highest BCUT2D eigenvalue weighted by molar-refractivity contribution is 6.30. The fourth-order valence-electron chi connectivity index (χ4n) is 3.05. The number of aliphatic hydroxyl groups excluding tert-OH is 1. The first-order chi connectivity index (χ1) is 14.4. The standard InChI is InChI=1S/C19H21ClF3N5O2/c20-14-2-1-11(5-15(14)23)17(10-29)27-19(30)28-4-3-12-8-24-18(26-16(12)9-28)25-13(6-21)7-22/h1-2,5,8,13,17,29H,3-4,6-7,9-10H2,(H,27,30)(H,24,25,26)/t17-/m1/s1. The highest BCUT2D eigenvalue weighted by Gasteiger charge is 2.25. The van der Waals surface area contributed by atoms with Gasteiger partial charge < -0.3 is 20.6 Å². The number of alkyl halides is 2. The zero-order valence-corrected chi connectivity index (χ0v) is 16.7. The lowest BCUT2D eigenvalue weighted by Gasteiger charge is -2.30. The minimum absolute atomic E-state index is 0.0544. The van der Waals surface area contributed by atoms with Crippen LogP contribution in [0, 0.1) is 5.82 Å². The molecule has 1 aliphatic rings. The molecule has 7 nitrogen and oxygen atoms in total. The minimum Gasteiger partial charge on any atom is -0.394 e. The highest BCUT2D eigenvalue weighted by atomic mass is 35.5. The second-order valence-corrected chi connectivity index (χ2v) is 7.25. The molecule has 30 heavy (non-hydrogen) atoms. The SMILES string of the molecule is O=C(N[C@H](CO)c1ccc(Cl)c(F)c1)N1CCc2cnc(NC(CF)CF)nc2C1. The van der Waals surface area contributed by atoms with Crippen LogP contribution in [0.15, 0.2) is 24.4 Å². The lowest BCUT2D eigenvalue weighted by Crippen LogP contribution is -2.45. The Bertz CT molecular complexity index is 900. The molecule has 2 heterocycles. The Morgan fingerprint density at radius 1 is 1.33 bits per heavy atom. The monoisotopic (exact) mass is 443 g/mol. The number of urea groups is 1. The van der Waals surface area contributed by atoms with Crippen molar-refractivity contribution >= 4 is 23.6 Å². The predicted molar refractivity (Wildman–Crippen MR) is 105 cm³/mol. The summed E-state index contributed by atoms with van der Waals surface area (Å²) in [6.07, 6.45) is 2.07. The van der Waals surface area contributed by atoms with E-state index in [4.69, 9.17) is 11.6 Å². The van der Waals surface area contributed by atoms with E-state index in [1.165, 1.54) is 17.0 Å². The first-order valence-electron chi connectivity index (χ1n) is 9.29. The molecule has 0 fully saturated rings. The third-order valence-electron chi connectivity index (χ3n) is 4.77. The van der Waals surface area contributed by atoms with Crippen LogP contribution in [0.1, 0.15) is 22.9 Å². The molecule has 162 valence electrons. The fraction of sp³-hybridized carbons (Fsp3) is 0.421. The van der Waals surface area contributed by atoms with E-state index in [0.717, 1.165) is 11.6 Å². The van der Waals surface area contributed by atoms with Crippen molar-refractivity contribution in [3.05, 3.63) is 52.1 Å². The Hall–Kier alpha value is -2.59. The Morgan fingerprint density at radius 2 is 2.10 bits per heavy atom. The van der Waals surface area contributed by atoms with Gasteiger partial charge in [-0.1, -0.05) is 17.7 Å². The van der Waals surface area contributed by atoms with Crippen LogP contribution >= 0.6 is 11.6 Å². The van der Waals surface area contributed by atoms with E-state index >= 15 is 0 Å². The summed E-state index contributed by atoms with van der Waals surface area (Å²) in [5.74, 6) is -0.563. The van der Waals surface area contributed by atoms with Crippen LogP contribution in [0.25, 0.3) is 0 Å². The molecule has 1 atom stereocenters. The second kappa shape index (κ2) is 9.94. The van der Waals surface area contributed by atoms with Crippen molar-refractivity contribution in [1.29, 1.82) is 0 Å². The molecule has 0 aliphatic carbocycles. The first kappa shape index (κ1) is 22.1. The van der Waals surface area contributed by atoms with Crippen LogP contribution in [-0.2, 0) is 13.0 Å². The molecular formula is C19H21ClF3N5O2. The molecule has 1 aromatic heterocycles. The zero-order chi connectivity index (χ0) is 21.7. The molecule has 2 aromatic rings. The van der Waals surface area contributed by atoms with E-state index in [-0.39, 0.29) is 17.5 Å². The maximum Gasteiger partial charge on any atom is 0.318 e. The van der Waals surface area contributed by atoms with Crippen molar-refractivity contribution in [1.82, 2.24) is 20.2 Å². The Kier molecular flexibility index (Phi) is 7.33. The number of amides is 2. The van der Waals surface area contributed by atoms with Gasteiger partial charge in [0.05, 0.1) is 36.0 Å². The van der Waals surface area contributed by atoms with Crippen molar-refractivity contribution in [3.8, 4) is 0 Å². The van der Waals surface area contributed by atoms with E-state index in [0.29, 0.717) is 24.2 Å². The third kappa shape index (κ3) is 5.11. The van der Waals surface area contributed by atoms with Gasteiger partial charge in [-0.3, -0.25) is 0 Å². The molecule has 0 radical (unpaired) electrons. The minimum atomic E-state index is -1.03. The molecule has 3 N–H and O–H groups in total. The van der Waals surface area contributed by atoms with E-state index < -0.39 is 43.9 Å². The summed E-state index contributed by atoms with van der Waals surface area (Å²) in [5, 5.41) is 14.8. The first-order valence-corrected chi connectivity index (χ1v) is 9.67. The second-order valence-electron chi connectivity index (χ2n) is 6.85. The highest BCUT2D eigenvalue weighted by Crippen LogP contribution is 2.22. The summed E-state index contributed by atoms with van der Waals surface area (Å²) in [5.41, 5.74) is 1.77. The Morgan fingerprint density at radius 3 is 2.77 bits per heavy atom. The predicted octanol–water partition coefficient (Wildman–Crippen LogP) is 2.79. The number of rotatable bonds is 7. The number of anilines is 1. The normalized spacial score (nSPS) is 14.4. The number of hydrogen-bond acceptors (Lipinski definition) is 5. The smallest absolute Gasteiger partial charge is 0.318 e. The topological polar surface area (TPSA) is 90.4 Å². The number of nitrogens with one attached hydrogen (secondary N) is 2. The molecule has 11 heteroatoms. The number of fused-ring (bicyclic) bond motifs is 1. The van der Waals surface area contributed by atoms with Crippen LogP contribution in [0.5, 0.6) is 0 Å². The maximum absolute atomic E-state index is 13.7. The van der Waals surface area contributed by atoms with Gasteiger partial charge in [-0.25, -0.2) is 27.9 Å². The van der Waals surface area contributed by atoms with Gasteiger partial charge in [-0.15, -0.1) is 0 Å². The lowest BCUT2D eigenvalue weighted by atomic mass is 10.1. The number of hydrogen-bond donors (Lipinski definition) is 3. The Balaban J connectivity index is 1.68. The number of carbonyl (C=O) groups is 1. The van der Waals surface area contributed by atoms with Crippen molar-refractivity contribution in [2.75, 3.05) is 31.8 Å². The number of benzene rings is 1. The Labute approximate surface area is 176 Å². The number of aliphatic hydroxyl groups is 1. The van der Waals surface area contributed by atoms with Gasteiger partial charge in [0, 0.05) is 12.7 Å². The van der Waals surface area contributed by atoms with Gasteiger partial charge in [0.2, 0.25) is 5.95 Å².